The fourth-order valence-electron chi connectivity index (χ4n) is 4.56. The minimum absolute atomic E-state index is 0.130. The highest BCUT2D eigenvalue weighted by molar-refractivity contribution is 7.99. The van der Waals surface area contributed by atoms with Crippen LogP contribution in [0.3, 0.4) is 0 Å². The average Bonchev–Trinajstić information content (AvgIpc) is 3.23. The maximum atomic E-state index is 13.4. The second kappa shape index (κ2) is 8.66. The zero-order valence-electron chi connectivity index (χ0n) is 17.0. The number of nitrogens with one attached hydrogen (secondary N) is 1. The van der Waals surface area contributed by atoms with Gasteiger partial charge in [-0.05, 0) is 41.7 Å². The van der Waals surface area contributed by atoms with E-state index in [4.69, 9.17) is 0 Å². The normalized spacial score (nSPS) is 18.6. The first-order valence-electron chi connectivity index (χ1n) is 10.7. The van der Waals surface area contributed by atoms with Crippen molar-refractivity contribution in [2.24, 2.45) is 0 Å². The van der Waals surface area contributed by atoms with Crippen molar-refractivity contribution in [1.82, 2.24) is 10.2 Å². The SMILES string of the molecule is O=C(NC1CCN(CCc2ccccc2)C1)C1c2ccccc2Sc2ccccc21. The van der Waals surface area contributed by atoms with Crippen molar-refractivity contribution in [1.29, 1.82) is 0 Å². The van der Waals surface area contributed by atoms with Gasteiger partial charge in [0.15, 0.2) is 0 Å². The van der Waals surface area contributed by atoms with Crippen molar-refractivity contribution >= 4 is 17.7 Å². The fourth-order valence-corrected chi connectivity index (χ4v) is 5.70. The van der Waals surface area contributed by atoms with E-state index >= 15 is 0 Å². The molecule has 1 fully saturated rings. The van der Waals surface area contributed by atoms with Gasteiger partial charge < -0.3 is 10.2 Å². The number of carbonyl (C=O) groups is 1. The first-order valence-corrected chi connectivity index (χ1v) is 11.5. The van der Waals surface area contributed by atoms with E-state index in [1.54, 1.807) is 11.8 Å². The zero-order chi connectivity index (χ0) is 20.3. The molecule has 1 unspecified atom stereocenters. The molecule has 0 saturated carbocycles. The lowest BCUT2D eigenvalue weighted by Crippen LogP contribution is -2.40. The van der Waals surface area contributed by atoms with Crippen molar-refractivity contribution in [3.05, 3.63) is 95.6 Å². The van der Waals surface area contributed by atoms with E-state index < -0.39 is 0 Å². The molecule has 30 heavy (non-hydrogen) atoms. The average molecular weight is 415 g/mol. The summed E-state index contributed by atoms with van der Waals surface area (Å²) in [6.07, 6.45) is 2.08. The number of amides is 1. The first kappa shape index (κ1) is 19.4. The predicted molar refractivity (Wildman–Crippen MR) is 122 cm³/mol. The van der Waals surface area contributed by atoms with Gasteiger partial charge in [0.1, 0.15) is 0 Å². The molecule has 3 aromatic carbocycles. The van der Waals surface area contributed by atoms with E-state index in [2.05, 4.69) is 76.9 Å². The van der Waals surface area contributed by atoms with Crippen LogP contribution in [-0.2, 0) is 11.2 Å². The van der Waals surface area contributed by atoms with Gasteiger partial charge in [0, 0.05) is 35.5 Å². The van der Waals surface area contributed by atoms with Crippen LogP contribution in [0, 0.1) is 0 Å². The Hall–Kier alpha value is -2.56. The number of likely N-dealkylation sites (tertiary alicyclic amines) is 1. The second-order valence-corrected chi connectivity index (χ2v) is 9.22. The molecule has 0 aromatic heterocycles. The molecule has 2 aliphatic heterocycles. The van der Waals surface area contributed by atoms with Crippen molar-refractivity contribution < 1.29 is 4.79 Å². The van der Waals surface area contributed by atoms with Crippen molar-refractivity contribution in [2.45, 2.75) is 34.6 Å². The van der Waals surface area contributed by atoms with Gasteiger partial charge >= 0.3 is 0 Å². The van der Waals surface area contributed by atoms with Crippen LogP contribution in [0.2, 0.25) is 0 Å². The van der Waals surface area contributed by atoms with E-state index in [1.807, 2.05) is 12.1 Å². The Kier molecular flexibility index (Phi) is 5.60. The summed E-state index contributed by atoms with van der Waals surface area (Å²) in [6, 6.07) is 27.5. The molecule has 0 spiro atoms. The molecular weight excluding hydrogens is 388 g/mol. The molecule has 2 heterocycles. The monoisotopic (exact) mass is 414 g/mol. The van der Waals surface area contributed by atoms with Crippen LogP contribution in [0.1, 0.15) is 29.0 Å². The standard InChI is InChI=1S/C26H26N2OS/c29-26(27-20-15-17-28(18-20)16-14-19-8-2-1-3-9-19)25-21-10-4-6-12-23(21)30-24-13-7-5-11-22(24)25/h1-13,20,25H,14-18H2,(H,27,29). The highest BCUT2D eigenvalue weighted by Crippen LogP contribution is 2.45. The van der Waals surface area contributed by atoms with Crippen molar-refractivity contribution in [2.75, 3.05) is 19.6 Å². The topological polar surface area (TPSA) is 32.3 Å². The number of nitrogens with zero attached hydrogens (tertiary/aromatic N) is 1. The molecule has 1 atom stereocenters. The molecule has 3 nitrogen and oxygen atoms in total. The summed E-state index contributed by atoms with van der Waals surface area (Å²) in [7, 11) is 0. The number of fused-ring (bicyclic) bond motifs is 2. The summed E-state index contributed by atoms with van der Waals surface area (Å²) in [6.45, 7) is 3.02. The second-order valence-electron chi connectivity index (χ2n) is 8.14. The highest BCUT2D eigenvalue weighted by atomic mass is 32.2. The Balaban J connectivity index is 1.26. The van der Waals surface area contributed by atoms with Gasteiger partial charge in [0.2, 0.25) is 5.91 Å². The predicted octanol–water partition coefficient (Wildman–Crippen LogP) is 4.72. The van der Waals surface area contributed by atoms with E-state index in [1.165, 1.54) is 15.4 Å². The molecule has 1 saturated heterocycles. The van der Waals surface area contributed by atoms with E-state index in [-0.39, 0.29) is 17.9 Å². The van der Waals surface area contributed by atoms with Crippen LogP contribution in [0.15, 0.2) is 88.7 Å². The van der Waals surface area contributed by atoms with Gasteiger partial charge in [-0.1, -0.05) is 78.5 Å². The smallest absolute Gasteiger partial charge is 0.232 e. The van der Waals surface area contributed by atoms with Crippen molar-refractivity contribution in [3.63, 3.8) is 0 Å². The quantitative estimate of drug-likeness (QED) is 0.656. The largest absolute Gasteiger partial charge is 0.351 e. The summed E-state index contributed by atoms with van der Waals surface area (Å²) < 4.78 is 0. The number of hydrogen-bond donors (Lipinski definition) is 1. The summed E-state index contributed by atoms with van der Waals surface area (Å²) >= 11 is 1.76. The molecule has 1 N–H and O–H groups in total. The third-order valence-corrected chi connectivity index (χ3v) is 7.30. The van der Waals surface area contributed by atoms with Gasteiger partial charge in [-0.25, -0.2) is 0 Å². The van der Waals surface area contributed by atoms with Gasteiger partial charge in [0.25, 0.3) is 0 Å². The molecule has 0 bridgehead atoms. The molecule has 152 valence electrons. The number of hydrogen-bond acceptors (Lipinski definition) is 3. The Morgan fingerprint density at radius 2 is 1.53 bits per heavy atom. The number of benzene rings is 3. The van der Waals surface area contributed by atoms with E-state index in [0.29, 0.717) is 0 Å². The molecule has 0 aliphatic carbocycles. The molecule has 0 radical (unpaired) electrons. The van der Waals surface area contributed by atoms with E-state index in [9.17, 15) is 4.79 Å². The fraction of sp³-hybridized carbons (Fsp3) is 0.269. The Bertz CT molecular complexity index is 990. The third kappa shape index (κ3) is 4.03. The molecule has 3 aromatic rings. The third-order valence-electron chi connectivity index (χ3n) is 6.12. The van der Waals surface area contributed by atoms with Gasteiger partial charge in [-0.15, -0.1) is 0 Å². The lowest BCUT2D eigenvalue weighted by atomic mass is 9.89. The first-order chi connectivity index (χ1) is 14.8. The summed E-state index contributed by atoms with van der Waals surface area (Å²) in [4.78, 5) is 18.3. The molecule has 2 aliphatic rings. The van der Waals surface area contributed by atoms with Crippen LogP contribution >= 0.6 is 11.8 Å². The van der Waals surface area contributed by atoms with Crippen LogP contribution in [0.5, 0.6) is 0 Å². The maximum absolute atomic E-state index is 13.4. The van der Waals surface area contributed by atoms with Crippen LogP contribution in [-0.4, -0.2) is 36.5 Å². The van der Waals surface area contributed by atoms with Crippen LogP contribution in [0.25, 0.3) is 0 Å². The summed E-state index contributed by atoms with van der Waals surface area (Å²) in [5, 5.41) is 3.37. The van der Waals surface area contributed by atoms with Gasteiger partial charge in [-0.3, -0.25) is 4.79 Å². The number of carbonyl (C=O) groups excluding carboxylic acids is 1. The highest BCUT2D eigenvalue weighted by Gasteiger charge is 2.33. The maximum Gasteiger partial charge on any atom is 0.232 e. The lowest BCUT2D eigenvalue weighted by Gasteiger charge is -2.28. The minimum Gasteiger partial charge on any atom is -0.351 e. The number of rotatable bonds is 5. The minimum atomic E-state index is -0.225. The molecule has 4 heteroatoms. The molecule has 5 rings (SSSR count). The van der Waals surface area contributed by atoms with Gasteiger partial charge in [0.05, 0.1) is 5.92 Å². The molecular formula is C26H26N2OS. The van der Waals surface area contributed by atoms with Crippen LogP contribution < -0.4 is 5.32 Å². The van der Waals surface area contributed by atoms with Crippen molar-refractivity contribution in [3.8, 4) is 0 Å². The van der Waals surface area contributed by atoms with Gasteiger partial charge in [-0.2, -0.15) is 0 Å². The lowest BCUT2D eigenvalue weighted by molar-refractivity contribution is -0.122. The van der Waals surface area contributed by atoms with Crippen LogP contribution in [0.4, 0.5) is 0 Å². The Morgan fingerprint density at radius 3 is 2.23 bits per heavy atom. The Labute approximate surface area is 182 Å². The summed E-state index contributed by atoms with van der Waals surface area (Å²) in [5.41, 5.74) is 3.62. The zero-order valence-corrected chi connectivity index (χ0v) is 17.8. The van der Waals surface area contributed by atoms with E-state index in [0.717, 1.165) is 43.6 Å². The Morgan fingerprint density at radius 1 is 0.900 bits per heavy atom. The molecule has 1 amide bonds. The summed E-state index contributed by atoms with van der Waals surface area (Å²) in [5.74, 6) is -0.0953.